The highest BCUT2D eigenvalue weighted by Gasteiger charge is 2.18. The molecule has 0 spiro atoms. The van der Waals surface area contributed by atoms with Crippen LogP contribution in [-0.2, 0) is 16.0 Å². The first kappa shape index (κ1) is 13.4. The SMILES string of the molecule is CCOC(=O)C(Cl)Cc1cccc([N+](=O)[O-])c1. The Balaban J connectivity index is 2.71. The van der Waals surface area contributed by atoms with E-state index >= 15 is 0 Å². The molecule has 1 aromatic carbocycles. The zero-order valence-electron chi connectivity index (χ0n) is 9.26. The molecule has 0 radical (unpaired) electrons. The van der Waals surface area contributed by atoms with Crippen LogP contribution in [0.3, 0.4) is 0 Å². The molecule has 0 fully saturated rings. The summed E-state index contributed by atoms with van der Waals surface area (Å²) in [5.74, 6) is -0.513. The van der Waals surface area contributed by atoms with Gasteiger partial charge in [0, 0.05) is 12.1 Å². The van der Waals surface area contributed by atoms with Gasteiger partial charge >= 0.3 is 5.97 Å². The van der Waals surface area contributed by atoms with E-state index in [1.807, 2.05) is 0 Å². The van der Waals surface area contributed by atoms with Gasteiger partial charge in [-0.05, 0) is 18.9 Å². The second-order valence-electron chi connectivity index (χ2n) is 3.35. The van der Waals surface area contributed by atoms with Crippen LogP contribution in [0.1, 0.15) is 12.5 Å². The van der Waals surface area contributed by atoms with Gasteiger partial charge in [0.15, 0.2) is 0 Å². The second-order valence-corrected chi connectivity index (χ2v) is 3.88. The van der Waals surface area contributed by atoms with Crippen LogP contribution in [0.4, 0.5) is 5.69 Å². The number of esters is 1. The minimum atomic E-state index is -0.822. The fraction of sp³-hybridized carbons (Fsp3) is 0.364. The summed E-state index contributed by atoms with van der Waals surface area (Å²) in [5.41, 5.74) is 0.613. The van der Waals surface area contributed by atoms with Crippen molar-refractivity contribution in [3.8, 4) is 0 Å². The third kappa shape index (κ3) is 4.03. The van der Waals surface area contributed by atoms with Crippen LogP contribution in [0, 0.1) is 10.1 Å². The molecule has 0 N–H and O–H groups in total. The number of hydrogen-bond donors (Lipinski definition) is 0. The maximum atomic E-state index is 11.3. The van der Waals surface area contributed by atoms with Gasteiger partial charge in [0.05, 0.1) is 11.5 Å². The molecule has 0 bridgehead atoms. The first-order chi connectivity index (χ1) is 8.04. The summed E-state index contributed by atoms with van der Waals surface area (Å²) < 4.78 is 4.75. The monoisotopic (exact) mass is 257 g/mol. The van der Waals surface area contributed by atoms with Gasteiger partial charge in [0.1, 0.15) is 5.38 Å². The third-order valence-corrected chi connectivity index (χ3v) is 2.41. The average Bonchev–Trinajstić information content (AvgIpc) is 2.29. The molecule has 0 aliphatic heterocycles. The zero-order chi connectivity index (χ0) is 12.8. The van der Waals surface area contributed by atoms with Crippen molar-refractivity contribution in [1.82, 2.24) is 0 Å². The first-order valence-corrected chi connectivity index (χ1v) is 5.52. The number of nitro benzene ring substituents is 1. The van der Waals surface area contributed by atoms with E-state index in [9.17, 15) is 14.9 Å². The molecular weight excluding hydrogens is 246 g/mol. The van der Waals surface area contributed by atoms with Crippen molar-refractivity contribution >= 4 is 23.3 Å². The minimum Gasteiger partial charge on any atom is -0.465 e. The minimum absolute atomic E-state index is 0.0183. The van der Waals surface area contributed by atoms with Crippen LogP contribution >= 0.6 is 11.6 Å². The molecular formula is C11H12ClNO4. The highest BCUT2D eigenvalue weighted by atomic mass is 35.5. The highest BCUT2D eigenvalue weighted by molar-refractivity contribution is 6.30. The summed E-state index contributed by atoms with van der Waals surface area (Å²) in [6.07, 6.45) is 0.210. The van der Waals surface area contributed by atoms with Gasteiger partial charge in [-0.2, -0.15) is 0 Å². The van der Waals surface area contributed by atoms with Crippen LogP contribution in [0.25, 0.3) is 0 Å². The van der Waals surface area contributed by atoms with Gasteiger partial charge in [-0.1, -0.05) is 12.1 Å². The number of benzene rings is 1. The second kappa shape index (κ2) is 6.20. The molecule has 0 saturated heterocycles. The summed E-state index contributed by atoms with van der Waals surface area (Å²) >= 11 is 5.83. The normalized spacial score (nSPS) is 11.9. The maximum Gasteiger partial charge on any atom is 0.324 e. The number of nitro groups is 1. The lowest BCUT2D eigenvalue weighted by atomic mass is 10.1. The molecule has 17 heavy (non-hydrogen) atoms. The number of alkyl halides is 1. The lowest BCUT2D eigenvalue weighted by molar-refractivity contribution is -0.384. The number of non-ortho nitro benzene ring substituents is 1. The van der Waals surface area contributed by atoms with Gasteiger partial charge in [-0.25, -0.2) is 0 Å². The van der Waals surface area contributed by atoms with E-state index in [-0.39, 0.29) is 18.7 Å². The number of carbonyl (C=O) groups excluding carboxylic acids is 1. The molecule has 0 aliphatic rings. The topological polar surface area (TPSA) is 69.4 Å². The Morgan fingerprint density at radius 3 is 2.88 bits per heavy atom. The van der Waals surface area contributed by atoms with Crippen molar-refractivity contribution in [1.29, 1.82) is 0 Å². The molecule has 5 nitrogen and oxygen atoms in total. The van der Waals surface area contributed by atoms with E-state index < -0.39 is 16.3 Å². The molecule has 1 atom stereocenters. The number of nitrogens with zero attached hydrogens (tertiary/aromatic N) is 1. The fourth-order valence-electron chi connectivity index (χ4n) is 1.32. The van der Waals surface area contributed by atoms with Gasteiger partial charge in [-0.3, -0.25) is 14.9 Å². The Hall–Kier alpha value is -1.62. The number of hydrogen-bond acceptors (Lipinski definition) is 4. The van der Waals surface area contributed by atoms with Gasteiger partial charge in [0.2, 0.25) is 0 Å². The predicted octanol–water partition coefficient (Wildman–Crippen LogP) is 2.31. The molecule has 0 aromatic heterocycles. The molecule has 1 rings (SSSR count). The lowest BCUT2D eigenvalue weighted by Crippen LogP contribution is -2.20. The van der Waals surface area contributed by atoms with E-state index in [2.05, 4.69) is 0 Å². The number of ether oxygens (including phenoxy) is 1. The van der Waals surface area contributed by atoms with E-state index in [4.69, 9.17) is 16.3 Å². The average molecular weight is 258 g/mol. The highest BCUT2D eigenvalue weighted by Crippen LogP contribution is 2.16. The van der Waals surface area contributed by atoms with Gasteiger partial charge in [-0.15, -0.1) is 11.6 Å². The lowest BCUT2D eigenvalue weighted by Gasteiger charge is -2.08. The molecule has 0 saturated carbocycles. The van der Waals surface area contributed by atoms with Crippen molar-refractivity contribution in [2.24, 2.45) is 0 Å². The van der Waals surface area contributed by atoms with Crippen LogP contribution in [0.5, 0.6) is 0 Å². The third-order valence-electron chi connectivity index (χ3n) is 2.08. The van der Waals surface area contributed by atoms with Crippen molar-refractivity contribution in [3.63, 3.8) is 0 Å². The zero-order valence-corrected chi connectivity index (χ0v) is 10.0. The van der Waals surface area contributed by atoms with Crippen LogP contribution in [0.2, 0.25) is 0 Å². The standard InChI is InChI=1S/C11H12ClNO4/c1-2-17-11(14)10(12)7-8-4-3-5-9(6-8)13(15)16/h3-6,10H,2,7H2,1H3. The summed E-state index contributed by atoms with van der Waals surface area (Å²) in [6.45, 7) is 1.95. The molecule has 0 heterocycles. The van der Waals surface area contributed by atoms with Crippen molar-refractivity contribution < 1.29 is 14.5 Å². The summed E-state index contributed by atoms with van der Waals surface area (Å²) in [4.78, 5) is 21.3. The first-order valence-electron chi connectivity index (χ1n) is 5.08. The van der Waals surface area contributed by atoms with Crippen LogP contribution in [0.15, 0.2) is 24.3 Å². The van der Waals surface area contributed by atoms with E-state index in [1.165, 1.54) is 12.1 Å². The Morgan fingerprint density at radius 1 is 1.59 bits per heavy atom. The summed E-state index contributed by atoms with van der Waals surface area (Å²) in [6, 6.07) is 6.02. The molecule has 0 aliphatic carbocycles. The van der Waals surface area contributed by atoms with Crippen LogP contribution < -0.4 is 0 Å². The van der Waals surface area contributed by atoms with E-state index in [0.29, 0.717) is 5.56 Å². The molecule has 92 valence electrons. The predicted molar refractivity (Wildman–Crippen MR) is 63.1 cm³/mol. The Bertz CT molecular complexity index is 422. The summed E-state index contributed by atoms with van der Waals surface area (Å²) in [5, 5.41) is 9.73. The summed E-state index contributed by atoms with van der Waals surface area (Å²) in [7, 11) is 0. The quantitative estimate of drug-likeness (QED) is 0.351. The fourth-order valence-corrected chi connectivity index (χ4v) is 1.56. The van der Waals surface area contributed by atoms with Crippen molar-refractivity contribution in [2.45, 2.75) is 18.7 Å². The van der Waals surface area contributed by atoms with Gasteiger partial charge in [0.25, 0.3) is 5.69 Å². The molecule has 0 amide bonds. The van der Waals surface area contributed by atoms with Gasteiger partial charge < -0.3 is 4.74 Å². The van der Waals surface area contributed by atoms with Crippen molar-refractivity contribution in [3.05, 3.63) is 39.9 Å². The molecule has 1 aromatic rings. The van der Waals surface area contributed by atoms with E-state index in [1.54, 1.807) is 19.1 Å². The smallest absolute Gasteiger partial charge is 0.324 e. The largest absolute Gasteiger partial charge is 0.465 e. The van der Waals surface area contributed by atoms with E-state index in [0.717, 1.165) is 0 Å². The molecule has 6 heteroatoms. The Labute approximate surface area is 103 Å². The Kier molecular flexibility index (Phi) is 4.90. The number of halogens is 1. The molecule has 1 unspecified atom stereocenters. The van der Waals surface area contributed by atoms with Crippen LogP contribution in [-0.4, -0.2) is 22.9 Å². The maximum absolute atomic E-state index is 11.3. The number of rotatable bonds is 5. The number of carbonyl (C=O) groups is 1. The Morgan fingerprint density at radius 2 is 2.29 bits per heavy atom. The van der Waals surface area contributed by atoms with Crippen molar-refractivity contribution in [2.75, 3.05) is 6.61 Å².